The van der Waals surface area contributed by atoms with Crippen LogP contribution in [-0.4, -0.2) is 37.0 Å². The van der Waals surface area contributed by atoms with Crippen molar-refractivity contribution in [2.45, 2.75) is 19.9 Å². The molecule has 0 spiro atoms. The van der Waals surface area contributed by atoms with Gasteiger partial charge in [-0.15, -0.1) is 23.7 Å². The molecule has 28 heavy (non-hydrogen) atoms. The van der Waals surface area contributed by atoms with Crippen LogP contribution in [-0.2, 0) is 17.7 Å². The smallest absolute Gasteiger partial charge is 0.341 e. The minimum atomic E-state index is -0.389. The first kappa shape index (κ1) is 20.4. The quantitative estimate of drug-likeness (QED) is 0.636. The van der Waals surface area contributed by atoms with E-state index in [0.717, 1.165) is 35.3 Å². The van der Waals surface area contributed by atoms with Gasteiger partial charge in [0.1, 0.15) is 10.6 Å². The molecule has 1 amide bonds. The van der Waals surface area contributed by atoms with Crippen molar-refractivity contribution in [3.63, 3.8) is 0 Å². The van der Waals surface area contributed by atoms with Crippen molar-refractivity contribution >= 4 is 51.6 Å². The number of furan rings is 1. The molecule has 3 heterocycles. The lowest BCUT2D eigenvalue weighted by Gasteiger charge is -2.22. The van der Waals surface area contributed by atoms with Crippen LogP contribution in [0.25, 0.3) is 11.0 Å². The van der Waals surface area contributed by atoms with Crippen LogP contribution in [0, 0.1) is 0 Å². The highest BCUT2D eigenvalue weighted by atomic mass is 35.5. The number of nitrogens with one attached hydrogen (secondary N) is 1. The third kappa shape index (κ3) is 3.78. The number of amides is 1. The van der Waals surface area contributed by atoms with E-state index < -0.39 is 0 Å². The van der Waals surface area contributed by atoms with Crippen LogP contribution < -0.4 is 5.32 Å². The normalized spacial score (nSPS) is 13.6. The maximum absolute atomic E-state index is 12.7. The van der Waals surface area contributed by atoms with Crippen molar-refractivity contribution in [1.29, 1.82) is 0 Å². The van der Waals surface area contributed by atoms with Gasteiger partial charge in [-0.3, -0.25) is 4.79 Å². The van der Waals surface area contributed by atoms with Gasteiger partial charge in [0, 0.05) is 23.4 Å². The zero-order valence-corrected chi connectivity index (χ0v) is 17.2. The first-order chi connectivity index (χ1) is 13.1. The lowest BCUT2D eigenvalue weighted by atomic mass is 10.0. The van der Waals surface area contributed by atoms with E-state index in [0.29, 0.717) is 22.8 Å². The zero-order chi connectivity index (χ0) is 19.0. The number of hydrogen-bond donors (Lipinski definition) is 1. The van der Waals surface area contributed by atoms with Gasteiger partial charge in [0.15, 0.2) is 5.76 Å². The Kier molecular flexibility index (Phi) is 6.07. The fourth-order valence-electron chi connectivity index (χ4n) is 3.30. The van der Waals surface area contributed by atoms with Crippen molar-refractivity contribution in [1.82, 2.24) is 4.90 Å². The van der Waals surface area contributed by atoms with Gasteiger partial charge in [0.05, 0.1) is 12.2 Å². The second-order valence-corrected chi connectivity index (χ2v) is 7.62. The molecule has 0 aliphatic carbocycles. The maximum atomic E-state index is 12.7. The number of hydrogen-bond acceptors (Lipinski definition) is 6. The zero-order valence-electron chi connectivity index (χ0n) is 15.6. The van der Waals surface area contributed by atoms with Gasteiger partial charge in [-0.25, -0.2) is 4.79 Å². The minimum Gasteiger partial charge on any atom is -0.462 e. The van der Waals surface area contributed by atoms with Gasteiger partial charge in [0.25, 0.3) is 5.91 Å². The number of nitrogens with zero attached hydrogens (tertiary/aromatic N) is 1. The van der Waals surface area contributed by atoms with Crippen molar-refractivity contribution in [2.24, 2.45) is 0 Å². The molecule has 0 bridgehead atoms. The Morgan fingerprint density at radius 3 is 2.86 bits per heavy atom. The molecule has 0 fully saturated rings. The van der Waals surface area contributed by atoms with E-state index in [2.05, 4.69) is 10.2 Å². The highest BCUT2D eigenvalue weighted by molar-refractivity contribution is 7.17. The summed E-state index contributed by atoms with van der Waals surface area (Å²) in [6.45, 7) is 3.69. The van der Waals surface area contributed by atoms with E-state index >= 15 is 0 Å². The molecule has 2 aromatic heterocycles. The first-order valence-corrected chi connectivity index (χ1v) is 9.68. The van der Waals surface area contributed by atoms with Crippen LogP contribution in [0.2, 0.25) is 0 Å². The molecule has 0 radical (unpaired) electrons. The van der Waals surface area contributed by atoms with Gasteiger partial charge in [-0.2, -0.15) is 0 Å². The highest BCUT2D eigenvalue weighted by Gasteiger charge is 2.29. The molecule has 4 rings (SSSR count). The van der Waals surface area contributed by atoms with E-state index in [1.54, 1.807) is 13.0 Å². The number of halogens is 1. The molecule has 3 aromatic rings. The molecule has 0 saturated heterocycles. The number of carbonyl (C=O) groups excluding carboxylic acids is 2. The number of para-hydroxylation sites is 1. The van der Waals surface area contributed by atoms with Crippen LogP contribution in [0.15, 0.2) is 34.7 Å². The molecule has 1 aliphatic rings. The predicted octanol–water partition coefficient (Wildman–Crippen LogP) is 4.33. The number of benzene rings is 1. The van der Waals surface area contributed by atoms with E-state index in [4.69, 9.17) is 9.15 Å². The Morgan fingerprint density at radius 1 is 1.32 bits per heavy atom. The number of thiophene rings is 1. The number of fused-ring (bicyclic) bond motifs is 2. The number of carbonyl (C=O) groups is 2. The molecule has 1 aromatic carbocycles. The standard InChI is InChI=1S/C20H20N2O4S.ClH/c1-3-25-20(24)17-13-8-9-22(2)11-16(13)27-19(17)21-18(23)15-10-12-6-4-5-7-14(12)26-15;/h4-7,10H,3,8-9,11H2,1-2H3,(H,21,23);1H. The Hall–Kier alpha value is -2.35. The summed E-state index contributed by atoms with van der Waals surface area (Å²) in [5.41, 5.74) is 2.12. The van der Waals surface area contributed by atoms with Gasteiger partial charge in [-0.1, -0.05) is 18.2 Å². The molecule has 1 aliphatic heterocycles. The molecule has 1 N–H and O–H groups in total. The Balaban J connectivity index is 0.00000225. The van der Waals surface area contributed by atoms with Crippen molar-refractivity contribution in [3.05, 3.63) is 52.1 Å². The van der Waals surface area contributed by atoms with E-state index in [1.165, 1.54) is 11.3 Å². The van der Waals surface area contributed by atoms with Crippen LogP contribution in [0.1, 0.15) is 38.3 Å². The van der Waals surface area contributed by atoms with Gasteiger partial charge < -0.3 is 19.4 Å². The van der Waals surface area contributed by atoms with Crippen molar-refractivity contribution in [2.75, 3.05) is 25.5 Å². The Morgan fingerprint density at radius 2 is 2.11 bits per heavy atom. The van der Waals surface area contributed by atoms with Crippen LogP contribution >= 0.6 is 23.7 Å². The fourth-order valence-corrected chi connectivity index (χ4v) is 4.61. The largest absolute Gasteiger partial charge is 0.462 e. The molecule has 148 valence electrons. The van der Waals surface area contributed by atoms with Gasteiger partial charge in [-0.05, 0) is 38.1 Å². The highest BCUT2D eigenvalue weighted by Crippen LogP contribution is 2.37. The number of rotatable bonds is 4. The summed E-state index contributed by atoms with van der Waals surface area (Å²) < 4.78 is 10.9. The molecule has 0 saturated carbocycles. The molecule has 0 atom stereocenters. The summed E-state index contributed by atoms with van der Waals surface area (Å²) in [7, 11) is 2.04. The van der Waals surface area contributed by atoms with Crippen molar-refractivity contribution < 1.29 is 18.7 Å². The summed E-state index contributed by atoms with van der Waals surface area (Å²) in [6, 6.07) is 9.16. The number of ether oxygens (including phenoxy) is 1. The second kappa shape index (κ2) is 8.34. The summed E-state index contributed by atoms with van der Waals surface area (Å²) in [6.07, 6.45) is 0.761. The minimum absolute atomic E-state index is 0. The first-order valence-electron chi connectivity index (χ1n) is 8.87. The second-order valence-electron chi connectivity index (χ2n) is 6.52. The number of likely N-dealkylation sites (N-methyl/N-ethyl adjacent to an activating group) is 1. The molecule has 8 heteroatoms. The Bertz CT molecular complexity index is 994. The SMILES string of the molecule is CCOC(=O)c1c(NC(=O)c2cc3ccccc3o2)sc2c1CCN(C)C2.Cl. The van der Waals surface area contributed by atoms with Crippen LogP contribution in [0.5, 0.6) is 0 Å². The van der Waals surface area contributed by atoms with Crippen LogP contribution in [0.3, 0.4) is 0 Å². The van der Waals surface area contributed by atoms with Gasteiger partial charge >= 0.3 is 5.97 Å². The molecule has 6 nitrogen and oxygen atoms in total. The van der Waals surface area contributed by atoms with Crippen LogP contribution in [0.4, 0.5) is 5.00 Å². The summed E-state index contributed by atoms with van der Waals surface area (Å²) in [5, 5.41) is 4.25. The summed E-state index contributed by atoms with van der Waals surface area (Å²) >= 11 is 1.43. The fraction of sp³-hybridized carbons (Fsp3) is 0.300. The third-order valence-electron chi connectivity index (χ3n) is 4.60. The maximum Gasteiger partial charge on any atom is 0.341 e. The van der Waals surface area contributed by atoms with E-state index in [1.807, 2.05) is 31.3 Å². The summed E-state index contributed by atoms with van der Waals surface area (Å²) in [4.78, 5) is 28.6. The lowest BCUT2D eigenvalue weighted by molar-refractivity contribution is 0.0526. The summed E-state index contributed by atoms with van der Waals surface area (Å²) in [5.74, 6) is -0.544. The number of anilines is 1. The van der Waals surface area contributed by atoms with Gasteiger partial charge in [0.2, 0.25) is 0 Å². The number of esters is 1. The van der Waals surface area contributed by atoms with E-state index in [9.17, 15) is 9.59 Å². The Labute approximate surface area is 172 Å². The topological polar surface area (TPSA) is 71.8 Å². The predicted molar refractivity (Wildman–Crippen MR) is 112 cm³/mol. The van der Waals surface area contributed by atoms with Crippen molar-refractivity contribution in [3.8, 4) is 0 Å². The lowest BCUT2D eigenvalue weighted by Crippen LogP contribution is -2.26. The van der Waals surface area contributed by atoms with E-state index in [-0.39, 0.29) is 30.0 Å². The molecular weight excluding hydrogens is 400 g/mol. The third-order valence-corrected chi connectivity index (χ3v) is 5.74. The molecular formula is C20H21ClN2O4S. The monoisotopic (exact) mass is 420 g/mol. The molecule has 0 unspecified atom stereocenters. The average Bonchev–Trinajstić information content (AvgIpc) is 3.22. The average molecular weight is 421 g/mol.